The van der Waals surface area contributed by atoms with Gasteiger partial charge in [0.15, 0.2) is 16.4 Å². The van der Waals surface area contributed by atoms with Crippen LogP contribution in [0.15, 0.2) is 41.5 Å². The molecule has 4 rings (SSSR count). The number of ether oxygens (including phenoxy) is 1. The number of alkyl halides is 1. The molecule has 1 saturated heterocycles. The van der Waals surface area contributed by atoms with E-state index in [2.05, 4.69) is 15.3 Å². The molecular formula is C18H16ClF3N4O2S. The summed E-state index contributed by atoms with van der Waals surface area (Å²) in [5.74, 6) is -1.90. The van der Waals surface area contributed by atoms with Crippen LogP contribution in [-0.4, -0.2) is 40.7 Å². The predicted octanol–water partition coefficient (Wildman–Crippen LogP) is 3.03. The molecule has 29 heavy (non-hydrogen) atoms. The van der Waals surface area contributed by atoms with Crippen molar-refractivity contribution in [1.29, 1.82) is 0 Å². The van der Waals surface area contributed by atoms with Crippen molar-refractivity contribution in [3.05, 3.63) is 59.4 Å². The molecule has 2 atom stereocenters. The third-order valence-electron chi connectivity index (χ3n) is 4.76. The zero-order valence-corrected chi connectivity index (χ0v) is 16.5. The highest BCUT2D eigenvalue weighted by molar-refractivity contribution is 8.13. The number of carbonyl (C=O) groups excluding carboxylic acids is 1. The molecule has 0 radical (unpaired) electrons. The number of thioether (sulfide) groups is 1. The van der Waals surface area contributed by atoms with Gasteiger partial charge in [0.2, 0.25) is 0 Å². The molecule has 2 aromatic rings. The van der Waals surface area contributed by atoms with Crippen molar-refractivity contribution in [3.8, 4) is 0 Å². The van der Waals surface area contributed by atoms with Crippen LogP contribution in [0.1, 0.15) is 16.1 Å². The molecule has 0 saturated carbocycles. The Balaban J connectivity index is 0.00000240. The van der Waals surface area contributed by atoms with Crippen LogP contribution < -0.4 is 11.1 Å². The van der Waals surface area contributed by atoms with Crippen LogP contribution in [0.4, 0.5) is 18.9 Å². The van der Waals surface area contributed by atoms with Gasteiger partial charge in [-0.05, 0) is 30.3 Å². The fourth-order valence-electron chi connectivity index (χ4n) is 3.32. The third kappa shape index (κ3) is 3.67. The van der Waals surface area contributed by atoms with Crippen molar-refractivity contribution < 1.29 is 22.7 Å². The van der Waals surface area contributed by atoms with Gasteiger partial charge in [0.1, 0.15) is 17.3 Å². The van der Waals surface area contributed by atoms with Crippen LogP contribution in [0.5, 0.6) is 0 Å². The molecule has 154 valence electrons. The van der Waals surface area contributed by atoms with Crippen molar-refractivity contribution in [2.75, 3.05) is 24.3 Å². The lowest BCUT2D eigenvalue weighted by molar-refractivity contribution is 0.102. The molecular weight excluding hydrogens is 429 g/mol. The number of nitrogens with one attached hydrogen (secondary N) is 1. The number of fused-ring (bicyclic) bond motifs is 1. The van der Waals surface area contributed by atoms with Crippen LogP contribution in [0.3, 0.4) is 0 Å². The van der Waals surface area contributed by atoms with Gasteiger partial charge in [-0.3, -0.25) is 4.79 Å². The monoisotopic (exact) mass is 444 g/mol. The number of carbonyl (C=O) groups is 1. The minimum absolute atomic E-state index is 0. The van der Waals surface area contributed by atoms with E-state index in [0.717, 1.165) is 30.1 Å². The fourth-order valence-corrected chi connectivity index (χ4v) is 4.24. The Morgan fingerprint density at radius 3 is 2.76 bits per heavy atom. The molecule has 6 nitrogen and oxygen atoms in total. The lowest BCUT2D eigenvalue weighted by Gasteiger charge is -2.38. The number of rotatable bonds is 3. The van der Waals surface area contributed by atoms with E-state index in [1.54, 1.807) is 0 Å². The molecule has 0 bridgehead atoms. The van der Waals surface area contributed by atoms with Crippen molar-refractivity contribution in [3.63, 3.8) is 0 Å². The Morgan fingerprint density at radius 2 is 2.03 bits per heavy atom. The van der Waals surface area contributed by atoms with E-state index in [1.807, 2.05) is 0 Å². The highest BCUT2D eigenvalue weighted by atomic mass is 35.5. The van der Waals surface area contributed by atoms with E-state index in [0.29, 0.717) is 0 Å². The van der Waals surface area contributed by atoms with Gasteiger partial charge in [-0.25, -0.2) is 23.1 Å². The highest BCUT2D eigenvalue weighted by Gasteiger charge is 2.61. The van der Waals surface area contributed by atoms with Crippen LogP contribution in [0.25, 0.3) is 0 Å². The van der Waals surface area contributed by atoms with Crippen LogP contribution >= 0.6 is 24.2 Å². The number of halogens is 4. The second-order valence-electron chi connectivity index (χ2n) is 6.57. The first-order valence-corrected chi connectivity index (χ1v) is 9.29. The summed E-state index contributed by atoms with van der Waals surface area (Å²) in [6.45, 7) is -0.398. The number of nitrogens with two attached hydrogens (primary N) is 1. The molecule has 0 aliphatic carbocycles. The lowest BCUT2D eigenvalue weighted by atomic mass is 9.79. The quantitative estimate of drug-likeness (QED) is 0.759. The summed E-state index contributed by atoms with van der Waals surface area (Å²) in [5, 5.41) is 2.69. The second-order valence-corrected chi connectivity index (χ2v) is 7.56. The van der Waals surface area contributed by atoms with Gasteiger partial charge in [0.25, 0.3) is 5.91 Å². The van der Waals surface area contributed by atoms with Gasteiger partial charge in [-0.15, -0.1) is 12.4 Å². The zero-order chi connectivity index (χ0) is 19.9. The molecule has 2 aliphatic heterocycles. The summed E-state index contributed by atoms with van der Waals surface area (Å²) < 4.78 is 48.5. The number of amidine groups is 1. The van der Waals surface area contributed by atoms with Crippen LogP contribution in [-0.2, 0) is 10.3 Å². The minimum atomic E-state index is -1.93. The number of benzene rings is 1. The van der Waals surface area contributed by atoms with Gasteiger partial charge in [0.05, 0.1) is 19.4 Å². The molecule has 11 heteroatoms. The standard InChI is InChI=1S/C18H15F3N4O2S.ClH/c19-10-1-4-14(23-6-10)15(26)24-11-2-3-13(20)12(5-11)18-8-27-7-17(18,21)9-28-16(22)25-18;/h1-6H,7-9H2,(H2,22,25)(H,24,26);1H. The molecule has 2 unspecified atom stereocenters. The average Bonchev–Trinajstić information content (AvgIpc) is 3.01. The van der Waals surface area contributed by atoms with Crippen molar-refractivity contribution in [1.82, 2.24) is 4.98 Å². The summed E-state index contributed by atoms with van der Waals surface area (Å²) in [7, 11) is 0. The summed E-state index contributed by atoms with van der Waals surface area (Å²) in [6, 6.07) is 6.07. The normalized spacial score (nSPS) is 25.6. The molecule has 1 amide bonds. The number of pyridine rings is 1. The second kappa shape index (κ2) is 7.85. The summed E-state index contributed by atoms with van der Waals surface area (Å²) in [5.41, 5.74) is 2.37. The maximum absolute atomic E-state index is 15.5. The number of aromatic nitrogens is 1. The number of nitrogens with zero attached hydrogens (tertiary/aromatic N) is 2. The lowest BCUT2D eigenvalue weighted by Crippen LogP contribution is -2.52. The van der Waals surface area contributed by atoms with E-state index in [4.69, 9.17) is 10.5 Å². The Morgan fingerprint density at radius 1 is 1.24 bits per heavy atom. The van der Waals surface area contributed by atoms with Gasteiger partial charge >= 0.3 is 0 Å². The van der Waals surface area contributed by atoms with E-state index in [-0.39, 0.29) is 53.5 Å². The number of hydrogen-bond acceptors (Lipinski definition) is 6. The maximum atomic E-state index is 15.5. The van der Waals surface area contributed by atoms with E-state index < -0.39 is 28.7 Å². The Kier molecular flexibility index (Phi) is 5.79. The highest BCUT2D eigenvalue weighted by Crippen LogP contribution is 2.50. The number of aliphatic imine (C=N–C) groups is 1. The first kappa shape index (κ1) is 21.4. The Hall–Kier alpha value is -2.30. The van der Waals surface area contributed by atoms with Gasteiger partial charge in [0, 0.05) is 17.0 Å². The topological polar surface area (TPSA) is 89.6 Å². The number of anilines is 1. The van der Waals surface area contributed by atoms with E-state index in [1.165, 1.54) is 18.2 Å². The smallest absolute Gasteiger partial charge is 0.274 e. The van der Waals surface area contributed by atoms with Crippen LogP contribution in [0, 0.1) is 11.6 Å². The molecule has 3 heterocycles. The molecule has 1 aromatic heterocycles. The molecule has 1 aromatic carbocycles. The van der Waals surface area contributed by atoms with E-state index in [9.17, 15) is 13.6 Å². The van der Waals surface area contributed by atoms with Crippen molar-refractivity contribution in [2.24, 2.45) is 10.7 Å². The third-order valence-corrected chi connectivity index (χ3v) is 5.75. The first-order chi connectivity index (χ1) is 13.3. The molecule has 2 aliphatic rings. The van der Waals surface area contributed by atoms with Crippen LogP contribution in [0.2, 0.25) is 0 Å². The molecule has 1 fully saturated rings. The molecule has 3 N–H and O–H groups in total. The zero-order valence-electron chi connectivity index (χ0n) is 14.8. The van der Waals surface area contributed by atoms with Gasteiger partial charge in [-0.2, -0.15) is 0 Å². The number of amides is 1. The van der Waals surface area contributed by atoms with Gasteiger partial charge in [-0.1, -0.05) is 11.8 Å². The Bertz CT molecular complexity index is 978. The summed E-state index contributed by atoms with van der Waals surface area (Å²) >= 11 is 1.05. The predicted molar refractivity (Wildman–Crippen MR) is 106 cm³/mol. The first-order valence-electron chi connectivity index (χ1n) is 8.31. The number of hydrogen-bond donors (Lipinski definition) is 2. The SMILES string of the molecule is Cl.NC1=NC2(c3cc(NC(=O)c4ccc(F)cn4)ccc3F)COCC2(F)CS1. The molecule has 0 spiro atoms. The van der Waals surface area contributed by atoms with Crippen molar-refractivity contribution >= 4 is 40.9 Å². The summed E-state index contributed by atoms with van der Waals surface area (Å²) in [4.78, 5) is 20.2. The maximum Gasteiger partial charge on any atom is 0.274 e. The largest absolute Gasteiger partial charge is 0.379 e. The fraction of sp³-hybridized carbons (Fsp3) is 0.278. The minimum Gasteiger partial charge on any atom is -0.379 e. The Labute approximate surface area is 174 Å². The van der Waals surface area contributed by atoms with Gasteiger partial charge < -0.3 is 15.8 Å². The summed E-state index contributed by atoms with van der Waals surface area (Å²) in [6.07, 6.45) is 0.911. The van der Waals surface area contributed by atoms with E-state index >= 15 is 4.39 Å². The average molecular weight is 445 g/mol. The van der Waals surface area contributed by atoms with Crippen molar-refractivity contribution in [2.45, 2.75) is 11.2 Å².